The summed E-state index contributed by atoms with van der Waals surface area (Å²) in [4.78, 5) is 2.28. The third-order valence-electron chi connectivity index (χ3n) is 2.12. The molecule has 0 unspecified atom stereocenters. The van der Waals surface area contributed by atoms with Gasteiger partial charge in [0.2, 0.25) is 0 Å². The molecule has 1 aromatic rings. The number of hydrogen-bond acceptors (Lipinski definition) is 2. The lowest BCUT2D eigenvalue weighted by atomic mass is 10.3. The summed E-state index contributed by atoms with van der Waals surface area (Å²) in [6.45, 7) is 8.49. The van der Waals surface area contributed by atoms with Crippen molar-refractivity contribution in [2.24, 2.45) is 0 Å². The van der Waals surface area contributed by atoms with E-state index in [4.69, 9.17) is 4.42 Å². The fourth-order valence-corrected chi connectivity index (χ4v) is 1.31. The van der Waals surface area contributed by atoms with E-state index in [1.807, 2.05) is 6.26 Å². The normalized spacial score (nSPS) is 10.2. The van der Waals surface area contributed by atoms with Gasteiger partial charge in [0.1, 0.15) is 12.0 Å². The van der Waals surface area contributed by atoms with Crippen molar-refractivity contribution in [1.29, 1.82) is 0 Å². The van der Waals surface area contributed by atoms with Gasteiger partial charge in [0.15, 0.2) is 0 Å². The number of hydrogen-bond donors (Lipinski definition) is 0. The lowest BCUT2D eigenvalue weighted by Crippen LogP contribution is -2.20. The lowest BCUT2D eigenvalue weighted by Gasteiger charge is -2.17. The highest BCUT2D eigenvalue weighted by Gasteiger charge is 2.04. The zero-order chi connectivity index (χ0) is 8.97. The molecule has 0 saturated carbocycles. The van der Waals surface area contributed by atoms with Crippen LogP contribution in [0, 0.1) is 0 Å². The van der Waals surface area contributed by atoms with Crippen LogP contribution < -0.4 is 4.90 Å². The molecule has 0 bridgehead atoms. The van der Waals surface area contributed by atoms with Crippen molar-refractivity contribution in [3.8, 4) is 0 Å². The van der Waals surface area contributed by atoms with Crippen LogP contribution in [0.25, 0.3) is 0 Å². The van der Waals surface area contributed by atoms with Crippen molar-refractivity contribution >= 4 is 5.69 Å². The van der Waals surface area contributed by atoms with Gasteiger partial charge in [-0.1, -0.05) is 6.92 Å². The maximum Gasteiger partial charge on any atom is 0.114 e. The molecule has 1 aromatic heterocycles. The Kier molecular flexibility index (Phi) is 3.20. The molecule has 0 N–H and O–H groups in total. The Hall–Kier alpha value is -0.920. The number of nitrogens with zero attached hydrogens (tertiary/aromatic N) is 1. The topological polar surface area (TPSA) is 16.4 Å². The van der Waals surface area contributed by atoms with Crippen molar-refractivity contribution in [3.63, 3.8) is 0 Å². The minimum atomic E-state index is 0.973. The summed E-state index contributed by atoms with van der Waals surface area (Å²) in [5.74, 6) is 1.07. The third kappa shape index (κ3) is 1.81. The van der Waals surface area contributed by atoms with Crippen LogP contribution in [0.3, 0.4) is 0 Å². The van der Waals surface area contributed by atoms with E-state index in [0.29, 0.717) is 0 Å². The van der Waals surface area contributed by atoms with Gasteiger partial charge in [-0.25, -0.2) is 0 Å². The van der Waals surface area contributed by atoms with Gasteiger partial charge in [0.25, 0.3) is 0 Å². The van der Waals surface area contributed by atoms with Gasteiger partial charge in [-0.2, -0.15) is 0 Å². The average molecular weight is 167 g/mol. The first kappa shape index (κ1) is 9.17. The monoisotopic (exact) mass is 167 g/mol. The molecule has 0 spiro atoms. The zero-order valence-corrected chi connectivity index (χ0v) is 8.13. The Balaban J connectivity index is 2.72. The minimum Gasteiger partial charge on any atom is -0.467 e. The van der Waals surface area contributed by atoms with Gasteiger partial charge < -0.3 is 9.32 Å². The molecule has 0 radical (unpaired) electrons. The van der Waals surface area contributed by atoms with Crippen LogP contribution in [0.15, 0.2) is 16.7 Å². The summed E-state index contributed by atoms with van der Waals surface area (Å²) in [5.41, 5.74) is 1.21. The first-order valence-electron chi connectivity index (χ1n) is 4.64. The fourth-order valence-electron chi connectivity index (χ4n) is 1.31. The molecule has 2 heteroatoms. The maximum absolute atomic E-state index is 5.36. The van der Waals surface area contributed by atoms with Gasteiger partial charge in [0, 0.05) is 25.6 Å². The predicted octanol–water partition coefficient (Wildman–Crippen LogP) is 2.69. The van der Waals surface area contributed by atoms with Crippen LogP contribution in [0.4, 0.5) is 5.69 Å². The van der Waals surface area contributed by atoms with E-state index in [2.05, 4.69) is 31.7 Å². The zero-order valence-electron chi connectivity index (χ0n) is 8.13. The largest absolute Gasteiger partial charge is 0.467 e. The minimum absolute atomic E-state index is 0.973. The fraction of sp³-hybridized carbons (Fsp3) is 0.600. The summed E-state index contributed by atoms with van der Waals surface area (Å²) >= 11 is 0. The average Bonchev–Trinajstić information content (AvgIpc) is 2.55. The number of aryl methyl sites for hydroxylation is 1. The van der Waals surface area contributed by atoms with E-state index in [9.17, 15) is 0 Å². The first-order chi connectivity index (χ1) is 5.81. The van der Waals surface area contributed by atoms with E-state index >= 15 is 0 Å². The van der Waals surface area contributed by atoms with Crippen LogP contribution in [-0.4, -0.2) is 13.1 Å². The molecule has 0 amide bonds. The molecule has 2 nitrogen and oxygen atoms in total. The van der Waals surface area contributed by atoms with Crippen molar-refractivity contribution in [3.05, 3.63) is 18.1 Å². The summed E-state index contributed by atoms with van der Waals surface area (Å²) in [5, 5.41) is 0. The van der Waals surface area contributed by atoms with Crippen LogP contribution >= 0.6 is 0 Å². The molecule has 0 fully saturated rings. The standard InChI is InChI=1S/C10H17NO/c1-4-10-7-9(8-12-10)11(5-2)6-3/h7-8H,4-6H2,1-3H3. The van der Waals surface area contributed by atoms with Crippen molar-refractivity contribution in [2.75, 3.05) is 18.0 Å². The van der Waals surface area contributed by atoms with Crippen molar-refractivity contribution in [2.45, 2.75) is 27.2 Å². The highest BCUT2D eigenvalue weighted by molar-refractivity contribution is 5.44. The molecule has 0 aliphatic rings. The Bertz CT molecular complexity index is 225. The smallest absolute Gasteiger partial charge is 0.114 e. The number of furan rings is 1. The van der Waals surface area contributed by atoms with Gasteiger partial charge >= 0.3 is 0 Å². The van der Waals surface area contributed by atoms with Crippen molar-refractivity contribution in [1.82, 2.24) is 0 Å². The Morgan fingerprint density at radius 3 is 2.33 bits per heavy atom. The maximum atomic E-state index is 5.36. The Labute approximate surface area is 74.2 Å². The molecule has 0 saturated heterocycles. The Morgan fingerprint density at radius 1 is 1.25 bits per heavy atom. The molecule has 0 aliphatic heterocycles. The highest BCUT2D eigenvalue weighted by Crippen LogP contribution is 2.18. The van der Waals surface area contributed by atoms with Crippen molar-refractivity contribution < 1.29 is 4.42 Å². The van der Waals surface area contributed by atoms with Crippen LogP contribution in [0.5, 0.6) is 0 Å². The molecule has 68 valence electrons. The summed E-state index contributed by atoms with van der Waals surface area (Å²) in [6, 6.07) is 2.12. The van der Waals surface area contributed by atoms with Gasteiger partial charge in [0.05, 0.1) is 5.69 Å². The summed E-state index contributed by atoms with van der Waals surface area (Å²) in [6.07, 6.45) is 2.81. The molecule has 1 rings (SSSR count). The van der Waals surface area contributed by atoms with E-state index in [-0.39, 0.29) is 0 Å². The van der Waals surface area contributed by atoms with Crippen LogP contribution in [-0.2, 0) is 6.42 Å². The summed E-state index contributed by atoms with van der Waals surface area (Å²) < 4.78 is 5.36. The van der Waals surface area contributed by atoms with Gasteiger partial charge in [-0.05, 0) is 13.8 Å². The molecule has 0 aliphatic carbocycles. The van der Waals surface area contributed by atoms with E-state index in [1.54, 1.807) is 0 Å². The Morgan fingerprint density at radius 2 is 1.92 bits per heavy atom. The van der Waals surface area contributed by atoms with E-state index in [0.717, 1.165) is 25.3 Å². The second-order valence-electron chi connectivity index (χ2n) is 2.80. The SMILES string of the molecule is CCc1cc(N(CC)CC)co1. The quantitative estimate of drug-likeness (QED) is 0.685. The molecular weight excluding hydrogens is 150 g/mol. The van der Waals surface area contributed by atoms with Gasteiger partial charge in [-0.15, -0.1) is 0 Å². The predicted molar refractivity (Wildman–Crippen MR) is 51.6 cm³/mol. The number of rotatable bonds is 4. The molecule has 12 heavy (non-hydrogen) atoms. The van der Waals surface area contributed by atoms with E-state index in [1.165, 1.54) is 5.69 Å². The number of anilines is 1. The van der Waals surface area contributed by atoms with E-state index < -0.39 is 0 Å². The second kappa shape index (κ2) is 4.19. The highest BCUT2D eigenvalue weighted by atomic mass is 16.3. The van der Waals surface area contributed by atoms with Crippen LogP contribution in [0.1, 0.15) is 26.5 Å². The van der Waals surface area contributed by atoms with Gasteiger partial charge in [-0.3, -0.25) is 0 Å². The third-order valence-corrected chi connectivity index (χ3v) is 2.12. The van der Waals surface area contributed by atoms with Crippen LogP contribution in [0.2, 0.25) is 0 Å². The first-order valence-corrected chi connectivity index (χ1v) is 4.64. The molecular formula is C10H17NO. The summed E-state index contributed by atoms with van der Waals surface area (Å²) in [7, 11) is 0. The molecule has 0 atom stereocenters. The second-order valence-corrected chi connectivity index (χ2v) is 2.80. The molecule has 0 aromatic carbocycles. The lowest BCUT2D eigenvalue weighted by molar-refractivity contribution is 0.515. The molecule has 1 heterocycles.